The summed E-state index contributed by atoms with van der Waals surface area (Å²) < 4.78 is 19.8. The van der Waals surface area contributed by atoms with E-state index in [1.165, 1.54) is 0 Å². The second-order valence-electron chi connectivity index (χ2n) is 1.44. The summed E-state index contributed by atoms with van der Waals surface area (Å²) in [4.78, 5) is 26.6. The van der Waals surface area contributed by atoms with Crippen LogP contribution in [0, 0.1) is 0 Å². The Kier molecular flexibility index (Phi) is 3.92. The third-order valence-corrected chi connectivity index (χ3v) is 1.53. The molecule has 8 heteroatoms. The molecule has 6 nitrogen and oxygen atoms in total. The third-order valence-electron chi connectivity index (χ3n) is 0.509. The number of amides is 1. The summed E-state index contributed by atoms with van der Waals surface area (Å²) >= 11 is 0.00755. The normalized spacial score (nSPS) is 11.1. The highest BCUT2D eigenvalue weighted by Gasteiger charge is 2.18. The molecule has 0 spiro atoms. The first-order valence-electron chi connectivity index (χ1n) is 2.09. The Morgan fingerprint density at radius 3 is 2.40 bits per heavy atom. The van der Waals surface area contributed by atoms with E-state index < -0.39 is 19.7 Å². The summed E-state index contributed by atoms with van der Waals surface area (Å²) in [5.74, 6) is -0.902. The van der Waals surface area contributed by atoms with Crippen molar-refractivity contribution >= 4 is 25.7 Å². The van der Waals surface area contributed by atoms with Crippen LogP contribution in [-0.2, 0) is 9.36 Å². The standard InChI is InChI=1S/C2H6NO5PS/c4-2(3-10-8)1-9(5,6)7/h8H,1H2,(H,3,4)(H2,5,6,7). The molecule has 0 saturated heterocycles. The van der Waals surface area contributed by atoms with Gasteiger partial charge in [0.1, 0.15) is 18.4 Å². The van der Waals surface area contributed by atoms with E-state index in [-0.39, 0.29) is 12.2 Å². The van der Waals surface area contributed by atoms with Gasteiger partial charge in [0.05, 0.1) is 0 Å². The largest absolute Gasteiger partial charge is 0.334 e. The summed E-state index contributed by atoms with van der Waals surface area (Å²) in [6, 6.07) is 0. The lowest BCUT2D eigenvalue weighted by Crippen LogP contribution is -2.19. The zero-order valence-corrected chi connectivity index (χ0v) is 6.43. The van der Waals surface area contributed by atoms with Crippen LogP contribution in [0.1, 0.15) is 0 Å². The van der Waals surface area contributed by atoms with E-state index in [9.17, 15) is 9.36 Å². The van der Waals surface area contributed by atoms with Crippen LogP contribution in [0.4, 0.5) is 0 Å². The smallest absolute Gasteiger partial charge is 0.324 e. The van der Waals surface area contributed by atoms with E-state index >= 15 is 0 Å². The minimum Gasteiger partial charge on any atom is -0.324 e. The highest BCUT2D eigenvalue weighted by molar-refractivity contribution is 7.92. The molecular formula is C2H6NO5PS. The average Bonchev–Trinajstić information content (AvgIpc) is 1.59. The van der Waals surface area contributed by atoms with Gasteiger partial charge in [0.25, 0.3) is 0 Å². The number of hydrogen-bond donors (Lipinski definition) is 4. The van der Waals surface area contributed by atoms with Gasteiger partial charge < -0.3 is 14.3 Å². The van der Waals surface area contributed by atoms with Crippen LogP contribution in [0.15, 0.2) is 0 Å². The zero-order valence-electron chi connectivity index (χ0n) is 4.72. The molecule has 10 heavy (non-hydrogen) atoms. The minimum absolute atomic E-state index is 0.00755. The first-order chi connectivity index (χ1) is 4.45. The summed E-state index contributed by atoms with van der Waals surface area (Å²) in [5.41, 5.74) is 0. The van der Waals surface area contributed by atoms with Gasteiger partial charge in [-0.05, 0) is 0 Å². The van der Waals surface area contributed by atoms with E-state index in [2.05, 4.69) is 0 Å². The van der Waals surface area contributed by atoms with E-state index in [0.717, 1.165) is 0 Å². The fourth-order valence-electron chi connectivity index (χ4n) is 0.270. The molecule has 0 aliphatic rings. The van der Waals surface area contributed by atoms with Crippen LogP contribution in [-0.4, -0.2) is 26.4 Å². The summed E-state index contributed by atoms with van der Waals surface area (Å²) in [6.07, 6.45) is -0.902. The van der Waals surface area contributed by atoms with Crippen molar-refractivity contribution in [3.05, 3.63) is 0 Å². The predicted molar refractivity (Wildman–Crippen MR) is 35.3 cm³/mol. The van der Waals surface area contributed by atoms with Gasteiger partial charge >= 0.3 is 7.60 Å². The third kappa shape index (κ3) is 6.06. The minimum atomic E-state index is -4.29. The van der Waals surface area contributed by atoms with Gasteiger partial charge in [-0.15, -0.1) is 0 Å². The fraction of sp³-hybridized carbons (Fsp3) is 0.500. The van der Waals surface area contributed by atoms with Gasteiger partial charge in [0.2, 0.25) is 5.91 Å². The number of nitrogens with one attached hydrogen (secondary N) is 1. The molecule has 0 aromatic heterocycles. The highest BCUT2D eigenvalue weighted by Crippen LogP contribution is 2.33. The van der Waals surface area contributed by atoms with E-state index in [1.807, 2.05) is 0 Å². The highest BCUT2D eigenvalue weighted by atomic mass is 32.2. The zero-order chi connectivity index (χ0) is 8.20. The van der Waals surface area contributed by atoms with E-state index in [1.54, 1.807) is 4.72 Å². The van der Waals surface area contributed by atoms with Crippen LogP contribution in [0.3, 0.4) is 0 Å². The Bertz CT molecular complexity index is 165. The Morgan fingerprint density at radius 2 is 2.10 bits per heavy atom. The lowest BCUT2D eigenvalue weighted by Gasteiger charge is -2.00. The van der Waals surface area contributed by atoms with Crippen LogP contribution in [0.2, 0.25) is 0 Å². The SMILES string of the molecule is O=C(CP(=O)(O)O)NSO. The molecule has 0 fully saturated rings. The van der Waals surface area contributed by atoms with Gasteiger partial charge in [-0.25, -0.2) is 0 Å². The van der Waals surface area contributed by atoms with Crippen molar-refractivity contribution in [1.82, 2.24) is 4.72 Å². The molecule has 0 unspecified atom stereocenters. The van der Waals surface area contributed by atoms with Crippen molar-refractivity contribution in [3.63, 3.8) is 0 Å². The molecule has 0 rings (SSSR count). The second kappa shape index (κ2) is 3.95. The quantitative estimate of drug-likeness (QED) is 0.267. The number of hydrogen-bond acceptors (Lipinski definition) is 4. The Morgan fingerprint density at radius 1 is 1.60 bits per heavy atom. The topological polar surface area (TPSA) is 107 Å². The summed E-state index contributed by atoms with van der Waals surface area (Å²) in [6.45, 7) is 0. The second-order valence-corrected chi connectivity index (χ2v) is 3.47. The van der Waals surface area contributed by atoms with Gasteiger partial charge in [0, 0.05) is 0 Å². The van der Waals surface area contributed by atoms with Crippen molar-refractivity contribution in [3.8, 4) is 0 Å². The monoisotopic (exact) mass is 187 g/mol. The molecule has 0 aliphatic heterocycles. The first-order valence-corrected chi connectivity index (χ1v) is 4.66. The van der Waals surface area contributed by atoms with Crippen LogP contribution < -0.4 is 4.72 Å². The average molecular weight is 187 g/mol. The van der Waals surface area contributed by atoms with Crippen molar-refractivity contribution in [1.29, 1.82) is 0 Å². The molecule has 0 aromatic carbocycles. The molecule has 1 amide bonds. The van der Waals surface area contributed by atoms with Crippen molar-refractivity contribution in [2.24, 2.45) is 0 Å². The van der Waals surface area contributed by atoms with Crippen molar-refractivity contribution in [2.75, 3.05) is 6.16 Å². The van der Waals surface area contributed by atoms with Gasteiger partial charge in [-0.3, -0.25) is 14.1 Å². The van der Waals surface area contributed by atoms with Crippen LogP contribution in [0.25, 0.3) is 0 Å². The molecule has 0 aliphatic carbocycles. The number of carbonyl (C=O) groups is 1. The van der Waals surface area contributed by atoms with E-state index in [0.29, 0.717) is 0 Å². The van der Waals surface area contributed by atoms with Gasteiger partial charge in [-0.2, -0.15) is 0 Å². The Hall–Kier alpha value is -0.0700. The molecular weight excluding hydrogens is 181 g/mol. The lowest BCUT2D eigenvalue weighted by molar-refractivity contribution is -0.117. The molecule has 0 atom stereocenters. The predicted octanol–water partition coefficient (Wildman–Crippen LogP) is -0.599. The van der Waals surface area contributed by atoms with Crippen LogP contribution >= 0.6 is 19.8 Å². The molecule has 0 aromatic rings. The molecule has 0 heterocycles. The first kappa shape index (κ1) is 9.93. The lowest BCUT2D eigenvalue weighted by atomic mass is 10.8. The molecule has 0 bridgehead atoms. The molecule has 0 saturated carbocycles. The van der Waals surface area contributed by atoms with Crippen molar-refractivity contribution < 1.29 is 23.7 Å². The fourth-order valence-corrected chi connectivity index (χ4v) is 1.00. The van der Waals surface area contributed by atoms with E-state index in [4.69, 9.17) is 14.3 Å². The van der Waals surface area contributed by atoms with Crippen LogP contribution in [0.5, 0.6) is 0 Å². The van der Waals surface area contributed by atoms with Gasteiger partial charge in [0.15, 0.2) is 0 Å². The number of rotatable bonds is 3. The Balaban J connectivity index is 3.70. The maximum Gasteiger partial charge on any atom is 0.334 e. The number of carbonyl (C=O) groups excluding carboxylic acids is 1. The maximum atomic E-state index is 10.3. The molecule has 60 valence electrons. The van der Waals surface area contributed by atoms with Crippen molar-refractivity contribution in [2.45, 2.75) is 0 Å². The summed E-state index contributed by atoms with van der Waals surface area (Å²) in [5, 5.41) is 0. The molecule has 4 N–H and O–H groups in total. The van der Waals surface area contributed by atoms with Gasteiger partial charge in [-0.1, -0.05) is 0 Å². The Labute approximate surface area is 61.1 Å². The summed E-state index contributed by atoms with van der Waals surface area (Å²) in [7, 11) is -4.29. The maximum absolute atomic E-state index is 10.3. The molecule has 0 radical (unpaired) electrons.